The maximum absolute atomic E-state index is 14.0. The van der Waals surface area contributed by atoms with Gasteiger partial charge in [0.15, 0.2) is 17.3 Å². The number of imide groups is 1. The van der Waals surface area contributed by atoms with E-state index in [0.29, 0.717) is 47.9 Å². The zero-order valence-electron chi connectivity index (χ0n) is 71.9. The molecule has 40 heteroatoms. The van der Waals surface area contributed by atoms with Crippen molar-refractivity contribution in [1.29, 1.82) is 0 Å². The van der Waals surface area contributed by atoms with Gasteiger partial charge in [-0.15, -0.1) is 0 Å². The standard InChI is InChI=1S/C90H104N12O27S/c1-50-56(53-16-21-65(93-40-53)100-30-26-54-57(42-100)55(17-20-61(54)122-5)79(114)98-84-97-58-12-6-7-13-64(58)130-84)41-94-102(50)49-89-44-87(2)43-88(3,45-89)47-90(46-87,48-89)125-37-33-99(32-36-121-4)86(120)124-35-9-11-52-15-19-63(127-83-76(113)72(109)74(111)78(129-83)81(117)118)60(39-52)96-68(105)25-29-92-85(119)123-34-8-10-51-14-18-62(126-82-75(112)71(108)73(110)77(128-82)80(115)116)59(38-51)95-67(104)24-28-91-66(103)27-31-101-69(106)22-23-70(101)107/h6-23,38-41,71-78,82-83,108-113H,24-37,42-49H2,1-5H3,(H,91,103)(H,92,119)(H,95,104)(H,96,105)(H,115,116)(H,117,118)(H,97,98,114)/b10-8+,11-9+/t71-,72-,73-,74-,75+,76+,77-,78-,82+,83+,87?,88?,89?,90?/m0/s1. The topological polar surface area (TPSA) is 529 Å². The van der Waals surface area contributed by atoms with Crippen molar-refractivity contribution in [1.82, 2.24) is 40.2 Å². The number of aliphatic hydroxyl groups is 6. The van der Waals surface area contributed by atoms with Crippen LogP contribution in [0.1, 0.15) is 110 Å². The average Bonchev–Trinajstić information content (AvgIpc) is 0.791. The number of amides is 8. The lowest BCUT2D eigenvalue weighted by Gasteiger charge is -2.69. The lowest BCUT2D eigenvalue weighted by Crippen LogP contribution is -2.64. The normalized spacial score (nSPS) is 25.5. The van der Waals surface area contributed by atoms with Gasteiger partial charge in [-0.2, -0.15) is 5.10 Å². The number of carboxylic acid groups (broad SMARTS) is 2. The number of benzene rings is 4. The molecule has 15 rings (SSSR count). The summed E-state index contributed by atoms with van der Waals surface area (Å²) in [5.41, 5.74) is 6.08. The molecule has 0 spiro atoms. The SMILES string of the molecule is COCCN(CCOC12CC3(C)CC(C)(CC(Cn4ncc(-c5ccc(N6CCc7c(OC)ccc(C(=O)Nc8nc9ccccc9s8)c7C6)nc5)c4C)(C3)C1)C2)C(=O)OC/C=C/c1ccc(O[C@@H]2O[C@H](C(=O)O)[C@@H](O)[C@H](O)[C@H]2O)c(NC(=O)CCNC(=O)OC/C=C/c2ccc(O[C@@H]3O[C@H](C(=O)O)[C@@H](O)[C@H](O)[C@H]3O)c(NC(=O)CCNC(=O)CCN3C(=O)C=CC3=O)c2)c1. The number of carboxylic acids is 2. The van der Waals surface area contributed by atoms with Gasteiger partial charge in [0, 0.05) is 125 Å². The van der Waals surface area contributed by atoms with Gasteiger partial charge in [0.2, 0.25) is 30.3 Å². The summed E-state index contributed by atoms with van der Waals surface area (Å²) < 4.78 is 54.8. The van der Waals surface area contributed by atoms with Crippen LogP contribution in [0.25, 0.3) is 33.5 Å². The fourth-order valence-corrected chi connectivity index (χ4v) is 20.1. The van der Waals surface area contributed by atoms with E-state index in [4.69, 9.17) is 52.7 Å². The molecule has 4 aromatic carbocycles. The molecular formula is C90H104N12O27S. The van der Waals surface area contributed by atoms with Crippen LogP contribution < -0.4 is 45.7 Å². The third kappa shape index (κ3) is 21.9. The number of anilines is 4. The number of fused-ring (bicyclic) bond motifs is 2. The summed E-state index contributed by atoms with van der Waals surface area (Å²) in [5.74, 6) is -5.66. The minimum atomic E-state index is -2.04. The Hall–Kier alpha value is -12.4. The summed E-state index contributed by atoms with van der Waals surface area (Å²) in [4.78, 5) is 142. The van der Waals surface area contributed by atoms with E-state index in [1.165, 1.54) is 71.9 Å². The first-order chi connectivity index (χ1) is 62.2. The van der Waals surface area contributed by atoms with Gasteiger partial charge in [0.05, 0.1) is 53.7 Å². The third-order valence-corrected chi connectivity index (χ3v) is 25.2. The number of alkyl carbamates (subject to hydrolysis) is 1. The van der Waals surface area contributed by atoms with Gasteiger partial charge in [0.25, 0.3) is 17.7 Å². The number of para-hydroxylation sites is 1. The van der Waals surface area contributed by atoms with Crippen LogP contribution in [0.15, 0.2) is 122 Å². The highest BCUT2D eigenvalue weighted by Gasteiger charge is 2.66. The number of hydrogen-bond acceptors (Lipinski definition) is 30. The zero-order valence-corrected chi connectivity index (χ0v) is 72.7. The number of carbonyl (C=O) groups is 10. The van der Waals surface area contributed by atoms with Crippen LogP contribution in [-0.4, -0.2) is 277 Å². The van der Waals surface area contributed by atoms with Gasteiger partial charge in [-0.05, 0) is 158 Å². The second-order valence-corrected chi connectivity index (χ2v) is 35.3. The largest absolute Gasteiger partial charge is 0.496 e. The maximum Gasteiger partial charge on any atom is 0.410 e. The highest BCUT2D eigenvalue weighted by atomic mass is 32.1. The van der Waals surface area contributed by atoms with E-state index in [1.807, 2.05) is 54.9 Å². The molecule has 8 aliphatic rings. The Kier molecular flexibility index (Phi) is 29.1. The van der Waals surface area contributed by atoms with Crippen LogP contribution >= 0.6 is 11.3 Å². The molecule has 13 N–H and O–H groups in total. The average molecular weight is 1820 g/mol. The molecule has 0 radical (unpaired) electrons. The van der Waals surface area contributed by atoms with Crippen molar-refractivity contribution in [3.63, 3.8) is 0 Å². The first-order valence-electron chi connectivity index (χ1n) is 42.4. The number of carbonyl (C=O) groups excluding carboxylic acids is 8. The van der Waals surface area contributed by atoms with Crippen molar-refractivity contribution in [2.75, 3.05) is 101 Å². The summed E-state index contributed by atoms with van der Waals surface area (Å²) in [5, 5.41) is 101. The Labute approximate surface area is 749 Å². The lowest BCUT2D eigenvalue weighted by atomic mass is 9.39. The Morgan fingerprint density at radius 1 is 0.638 bits per heavy atom. The van der Waals surface area contributed by atoms with Gasteiger partial charge >= 0.3 is 24.1 Å². The summed E-state index contributed by atoms with van der Waals surface area (Å²) in [6.45, 7) is 8.15. The molecule has 4 aliphatic carbocycles. The van der Waals surface area contributed by atoms with Crippen LogP contribution in [0.3, 0.4) is 0 Å². The quantitative estimate of drug-likeness (QED) is 0.0208. The molecule has 2 unspecified atom stereocenters. The van der Waals surface area contributed by atoms with E-state index in [0.717, 1.165) is 105 Å². The molecule has 12 atom stereocenters. The lowest BCUT2D eigenvalue weighted by molar-refractivity contribution is -0.271. The van der Waals surface area contributed by atoms with Crippen molar-refractivity contribution in [2.24, 2.45) is 16.2 Å². The molecule has 2 saturated heterocycles. The van der Waals surface area contributed by atoms with Gasteiger partial charge in [-0.25, -0.2) is 29.1 Å². The first-order valence-corrected chi connectivity index (χ1v) is 43.3. The molecule has 6 fully saturated rings. The number of nitrogens with one attached hydrogen (secondary N) is 5. The van der Waals surface area contributed by atoms with Crippen molar-refractivity contribution >= 4 is 116 Å². The summed E-state index contributed by atoms with van der Waals surface area (Å²) in [6.07, 6.45) is -4.39. The number of nitrogens with zero attached hydrogens (tertiary/aromatic N) is 7. The predicted octanol–water partition coefficient (Wildman–Crippen LogP) is 5.69. The van der Waals surface area contributed by atoms with Crippen molar-refractivity contribution in [2.45, 2.75) is 165 Å². The van der Waals surface area contributed by atoms with E-state index < -0.39 is 127 Å². The number of aliphatic hydroxyl groups excluding tert-OH is 6. The first kappa shape index (κ1) is 93.8. The number of aromatic nitrogens is 4. The Balaban J connectivity index is 0.572. The second-order valence-electron chi connectivity index (χ2n) is 34.3. The number of pyridine rings is 1. The minimum Gasteiger partial charge on any atom is -0.496 e. The third-order valence-electron chi connectivity index (χ3n) is 24.2. The fraction of sp³-hybridized carbons (Fsp3) is 0.456. The number of methoxy groups -OCH3 is 2. The highest BCUT2D eigenvalue weighted by Crippen LogP contribution is 2.72. The molecule has 4 bridgehead atoms. The van der Waals surface area contributed by atoms with Crippen LogP contribution in [0.2, 0.25) is 0 Å². The van der Waals surface area contributed by atoms with Gasteiger partial charge in [0.1, 0.15) is 72.9 Å². The maximum atomic E-state index is 14.0. The van der Waals surface area contributed by atoms with Gasteiger partial charge in [-0.1, -0.05) is 61.6 Å². The molecule has 130 heavy (non-hydrogen) atoms. The molecule has 39 nitrogen and oxygen atoms in total. The number of rotatable bonds is 37. The predicted molar refractivity (Wildman–Crippen MR) is 466 cm³/mol. The minimum absolute atomic E-state index is 0.0116. The highest BCUT2D eigenvalue weighted by molar-refractivity contribution is 7.22. The molecular weight excluding hydrogens is 1710 g/mol. The number of ether oxygens (including phenoxy) is 9. The molecule has 8 amide bonds. The molecule has 3 aromatic heterocycles. The molecule has 4 aliphatic heterocycles. The monoisotopic (exact) mass is 1820 g/mol. The van der Waals surface area contributed by atoms with Crippen molar-refractivity contribution < 1.29 is 131 Å². The van der Waals surface area contributed by atoms with E-state index in [9.17, 15) is 88.8 Å². The van der Waals surface area contributed by atoms with Crippen LogP contribution in [0.5, 0.6) is 17.2 Å². The van der Waals surface area contributed by atoms with Crippen LogP contribution in [0.4, 0.5) is 31.9 Å². The number of thiazole rings is 1. The van der Waals surface area contributed by atoms with Crippen LogP contribution in [-0.2, 0) is 81.5 Å². The summed E-state index contributed by atoms with van der Waals surface area (Å²) in [7, 11) is 3.17. The van der Waals surface area contributed by atoms with Gasteiger partial charge < -0.3 is 115 Å². The Bertz CT molecular complexity index is 5440. The number of aliphatic carboxylic acids is 2. The molecule has 4 saturated carbocycles. The molecule has 692 valence electrons. The van der Waals surface area contributed by atoms with E-state index in [-0.39, 0.29) is 117 Å². The molecule has 7 aromatic rings. The van der Waals surface area contributed by atoms with Crippen LogP contribution in [0, 0.1) is 23.2 Å². The summed E-state index contributed by atoms with van der Waals surface area (Å²) in [6, 6.07) is 23.9. The zero-order chi connectivity index (χ0) is 92.5. The summed E-state index contributed by atoms with van der Waals surface area (Å²) >= 11 is 1.43. The Morgan fingerprint density at radius 3 is 1.83 bits per heavy atom. The number of hydrogen-bond donors (Lipinski definition) is 13. The van der Waals surface area contributed by atoms with Crippen molar-refractivity contribution in [3.8, 4) is 28.4 Å². The molecule has 7 heterocycles. The van der Waals surface area contributed by atoms with E-state index in [1.54, 1.807) is 19.3 Å². The van der Waals surface area contributed by atoms with Crippen molar-refractivity contribution in [3.05, 3.63) is 155 Å². The fourth-order valence-electron chi connectivity index (χ4n) is 19.3. The van der Waals surface area contributed by atoms with E-state index in [2.05, 4.69) is 68.0 Å². The van der Waals surface area contributed by atoms with Gasteiger partial charge in [-0.3, -0.25) is 43.7 Å². The van der Waals surface area contributed by atoms with E-state index >= 15 is 0 Å². The smallest absolute Gasteiger partial charge is 0.410 e. The Morgan fingerprint density at radius 2 is 1.24 bits per heavy atom. The second kappa shape index (κ2) is 40.3.